The molecule has 1 radical (unpaired) electrons. The summed E-state index contributed by atoms with van der Waals surface area (Å²) in [5, 5.41) is 3.36. The fourth-order valence-corrected chi connectivity index (χ4v) is 4.53. The molecule has 0 atom stereocenters. The molecule has 5 heteroatoms. The highest BCUT2D eigenvalue weighted by Gasteiger charge is 2.23. The van der Waals surface area contributed by atoms with E-state index in [4.69, 9.17) is 9.97 Å². The molecule has 3 rings (SSSR count). The number of nitrogens with zero attached hydrogens (tertiary/aromatic N) is 4. The second-order valence-electron chi connectivity index (χ2n) is 9.79. The Bertz CT molecular complexity index is 838. The van der Waals surface area contributed by atoms with Crippen LogP contribution in [-0.2, 0) is 6.54 Å². The molecule has 0 saturated carbocycles. The second kappa shape index (κ2) is 10.6. The quantitative estimate of drug-likeness (QED) is 0.665. The van der Waals surface area contributed by atoms with E-state index in [-0.39, 0.29) is 0 Å². The van der Waals surface area contributed by atoms with E-state index in [1.54, 1.807) is 0 Å². The highest BCUT2D eigenvalue weighted by Crippen LogP contribution is 2.30. The number of hydrogen-bond donors (Lipinski definition) is 1. The van der Waals surface area contributed by atoms with E-state index in [9.17, 15) is 0 Å². The molecule has 5 nitrogen and oxygen atoms in total. The fraction of sp³-hybridized carbons (Fsp3) is 0.577. The Kier molecular flexibility index (Phi) is 8.06. The van der Waals surface area contributed by atoms with Crippen LogP contribution in [0, 0.1) is 39.2 Å². The highest BCUT2D eigenvalue weighted by atomic mass is 15.2. The Labute approximate surface area is 189 Å². The van der Waals surface area contributed by atoms with Gasteiger partial charge in [0.2, 0.25) is 0 Å². The molecule has 2 aromatic rings. The molecule has 1 aliphatic rings. The van der Waals surface area contributed by atoms with Crippen LogP contribution in [0.2, 0.25) is 0 Å². The van der Waals surface area contributed by atoms with Crippen molar-refractivity contribution < 1.29 is 0 Å². The van der Waals surface area contributed by atoms with Gasteiger partial charge in [-0.2, -0.15) is 0 Å². The van der Waals surface area contributed by atoms with E-state index in [1.807, 2.05) is 0 Å². The monoisotopic (exact) mass is 422 g/mol. The largest absolute Gasteiger partial charge is 0.353 e. The lowest BCUT2D eigenvalue weighted by atomic mass is 10.0. The summed E-state index contributed by atoms with van der Waals surface area (Å²) >= 11 is 0. The Morgan fingerprint density at radius 3 is 2.19 bits per heavy atom. The second-order valence-corrected chi connectivity index (χ2v) is 9.79. The van der Waals surface area contributed by atoms with Gasteiger partial charge in [0.25, 0.3) is 0 Å². The standard InChI is InChI=1S/C26H40N5/c1-18(2)15-30(16-19(3)4)17-23-22(7)28-25(24-20(5)9-8-10-21(24)6)29-26(23)31-13-11-27-12-14-31/h8-11,18-19,27H,12-17H2,1-7H3. The van der Waals surface area contributed by atoms with Crippen molar-refractivity contribution in [2.24, 2.45) is 11.8 Å². The van der Waals surface area contributed by atoms with Crippen LogP contribution in [0.25, 0.3) is 11.4 Å². The van der Waals surface area contributed by atoms with Crippen LogP contribution in [0.3, 0.4) is 0 Å². The Balaban J connectivity index is 2.07. The van der Waals surface area contributed by atoms with Gasteiger partial charge in [-0.15, -0.1) is 0 Å². The molecule has 0 amide bonds. The molecule has 1 N–H and O–H groups in total. The van der Waals surface area contributed by atoms with Crippen LogP contribution >= 0.6 is 0 Å². The zero-order chi connectivity index (χ0) is 22.5. The van der Waals surface area contributed by atoms with Gasteiger partial charge in [0, 0.05) is 62.6 Å². The third-order valence-corrected chi connectivity index (χ3v) is 5.81. The minimum absolute atomic E-state index is 0.629. The van der Waals surface area contributed by atoms with Crippen molar-refractivity contribution in [2.75, 3.05) is 37.6 Å². The van der Waals surface area contributed by atoms with E-state index >= 15 is 0 Å². The highest BCUT2D eigenvalue weighted by molar-refractivity contribution is 5.67. The number of aryl methyl sites for hydroxylation is 3. The molecule has 169 valence electrons. The maximum Gasteiger partial charge on any atom is 0.162 e. The number of piperazine rings is 1. The molecule has 0 bridgehead atoms. The minimum atomic E-state index is 0.629. The summed E-state index contributed by atoms with van der Waals surface area (Å²) in [6.07, 6.45) is 0. The van der Waals surface area contributed by atoms with Gasteiger partial charge in [0.15, 0.2) is 5.82 Å². The first-order valence-electron chi connectivity index (χ1n) is 11.7. The van der Waals surface area contributed by atoms with Crippen molar-refractivity contribution >= 4 is 5.82 Å². The lowest BCUT2D eigenvalue weighted by Gasteiger charge is -2.33. The van der Waals surface area contributed by atoms with Crippen molar-refractivity contribution in [2.45, 2.75) is 55.0 Å². The zero-order valence-corrected chi connectivity index (χ0v) is 20.5. The maximum absolute atomic E-state index is 5.20. The average Bonchev–Trinajstić information content (AvgIpc) is 2.69. The van der Waals surface area contributed by atoms with Gasteiger partial charge in [-0.3, -0.25) is 4.90 Å². The van der Waals surface area contributed by atoms with Crippen molar-refractivity contribution in [1.82, 2.24) is 20.2 Å². The predicted octanol–water partition coefficient (Wildman–Crippen LogP) is 4.75. The average molecular weight is 423 g/mol. The van der Waals surface area contributed by atoms with Gasteiger partial charge in [0.05, 0.1) is 0 Å². The van der Waals surface area contributed by atoms with Gasteiger partial charge in [0.1, 0.15) is 5.82 Å². The van der Waals surface area contributed by atoms with E-state index in [0.29, 0.717) is 11.8 Å². The summed E-state index contributed by atoms with van der Waals surface area (Å²) in [7, 11) is 0. The first-order chi connectivity index (χ1) is 14.8. The third-order valence-electron chi connectivity index (χ3n) is 5.81. The number of aromatic nitrogens is 2. The molecular formula is C26H40N5. The number of rotatable bonds is 8. The molecule has 1 aliphatic heterocycles. The van der Waals surface area contributed by atoms with Crippen LogP contribution in [-0.4, -0.2) is 47.6 Å². The third kappa shape index (κ3) is 6.05. The van der Waals surface area contributed by atoms with E-state index in [1.165, 1.54) is 22.3 Å². The molecule has 1 aromatic heterocycles. The van der Waals surface area contributed by atoms with Gasteiger partial charge < -0.3 is 10.2 Å². The van der Waals surface area contributed by atoms with E-state index in [2.05, 4.69) is 88.3 Å². The lowest BCUT2D eigenvalue weighted by Crippen LogP contribution is -2.42. The first kappa shape index (κ1) is 23.7. The van der Waals surface area contributed by atoms with E-state index in [0.717, 1.165) is 56.6 Å². The van der Waals surface area contributed by atoms with Crippen LogP contribution in [0.5, 0.6) is 0 Å². The Hall–Kier alpha value is -1.98. The fourth-order valence-electron chi connectivity index (χ4n) is 4.53. The van der Waals surface area contributed by atoms with Crippen molar-refractivity contribution in [1.29, 1.82) is 0 Å². The topological polar surface area (TPSA) is 44.3 Å². The van der Waals surface area contributed by atoms with Gasteiger partial charge >= 0.3 is 0 Å². The molecule has 31 heavy (non-hydrogen) atoms. The number of benzene rings is 1. The summed E-state index contributed by atoms with van der Waals surface area (Å²) in [4.78, 5) is 15.2. The van der Waals surface area contributed by atoms with Crippen LogP contribution in [0.4, 0.5) is 5.82 Å². The summed E-state index contributed by atoms with van der Waals surface area (Å²) in [6, 6.07) is 6.41. The smallest absolute Gasteiger partial charge is 0.162 e. The molecule has 0 unspecified atom stereocenters. The van der Waals surface area contributed by atoms with E-state index < -0.39 is 0 Å². The van der Waals surface area contributed by atoms with Crippen LogP contribution in [0.15, 0.2) is 18.2 Å². The molecule has 1 fully saturated rings. The summed E-state index contributed by atoms with van der Waals surface area (Å²) in [6.45, 7) is 23.6. The summed E-state index contributed by atoms with van der Waals surface area (Å²) in [5.41, 5.74) is 5.99. The minimum Gasteiger partial charge on any atom is -0.353 e. The number of anilines is 1. The molecule has 1 saturated heterocycles. The number of nitrogens with one attached hydrogen (secondary N) is 1. The SMILES string of the molecule is Cc1cccc(C)c1-c1nc(C)c(CN(CC(C)C)CC(C)C)c(N2C[CH]NCC2)n1. The molecule has 0 spiro atoms. The van der Waals surface area contributed by atoms with Gasteiger partial charge in [-0.1, -0.05) is 45.9 Å². The molecule has 1 aromatic carbocycles. The molecule has 2 heterocycles. The summed E-state index contributed by atoms with van der Waals surface area (Å²) < 4.78 is 0. The molecule has 0 aliphatic carbocycles. The van der Waals surface area contributed by atoms with Gasteiger partial charge in [-0.25, -0.2) is 9.97 Å². The van der Waals surface area contributed by atoms with Crippen LogP contribution < -0.4 is 10.2 Å². The van der Waals surface area contributed by atoms with Crippen molar-refractivity contribution in [3.05, 3.63) is 47.1 Å². The van der Waals surface area contributed by atoms with Crippen molar-refractivity contribution in [3.8, 4) is 11.4 Å². The lowest BCUT2D eigenvalue weighted by molar-refractivity contribution is 0.211. The summed E-state index contributed by atoms with van der Waals surface area (Å²) in [5.74, 6) is 3.21. The Morgan fingerprint density at radius 2 is 1.65 bits per heavy atom. The Morgan fingerprint density at radius 1 is 1.00 bits per heavy atom. The van der Waals surface area contributed by atoms with Gasteiger partial charge in [-0.05, 0) is 43.7 Å². The first-order valence-corrected chi connectivity index (χ1v) is 11.7. The normalized spacial score (nSPS) is 14.8. The zero-order valence-electron chi connectivity index (χ0n) is 20.5. The maximum atomic E-state index is 5.20. The molecular weight excluding hydrogens is 382 g/mol. The predicted molar refractivity (Wildman–Crippen MR) is 131 cm³/mol. The van der Waals surface area contributed by atoms with Crippen molar-refractivity contribution in [3.63, 3.8) is 0 Å². The number of hydrogen-bond acceptors (Lipinski definition) is 5. The van der Waals surface area contributed by atoms with Crippen LogP contribution in [0.1, 0.15) is 50.1 Å².